The number of hydrogen-bond acceptors (Lipinski definition) is 4. The topological polar surface area (TPSA) is 66.6 Å². The number of para-hydroxylation sites is 1. The lowest BCUT2D eigenvalue weighted by molar-refractivity contribution is 0.347. The van der Waals surface area contributed by atoms with Gasteiger partial charge in [-0.3, -0.25) is 0 Å². The summed E-state index contributed by atoms with van der Waals surface area (Å²) >= 11 is 0. The molecule has 0 atom stereocenters. The van der Waals surface area contributed by atoms with Crippen LogP contribution in [0.1, 0.15) is 12.0 Å². The summed E-state index contributed by atoms with van der Waals surface area (Å²) in [6, 6.07) is 7.14. The number of rotatable bonds is 3. The predicted molar refractivity (Wildman–Crippen MR) is 77.2 cm³/mol. The maximum Gasteiger partial charge on any atom is 0.218 e. The van der Waals surface area contributed by atoms with Crippen molar-refractivity contribution in [3.63, 3.8) is 0 Å². The van der Waals surface area contributed by atoms with Gasteiger partial charge in [0, 0.05) is 25.3 Å². The fourth-order valence-electron chi connectivity index (χ4n) is 2.25. The molecular formula is C13H21N3O2S. The van der Waals surface area contributed by atoms with Crippen molar-refractivity contribution in [2.45, 2.75) is 12.2 Å². The molecule has 0 spiro atoms. The second kappa shape index (κ2) is 5.90. The van der Waals surface area contributed by atoms with Crippen molar-refractivity contribution >= 4 is 15.7 Å². The van der Waals surface area contributed by atoms with Crippen molar-refractivity contribution in [2.24, 2.45) is 0 Å². The molecule has 2 N–H and O–H groups in total. The molecule has 106 valence electrons. The lowest BCUT2D eigenvalue weighted by Gasteiger charge is -2.20. The molecule has 0 radical (unpaired) electrons. The van der Waals surface area contributed by atoms with Gasteiger partial charge in [-0.05, 0) is 31.6 Å². The average Bonchev–Trinajstić information content (AvgIpc) is 2.57. The molecule has 1 aliphatic heterocycles. The van der Waals surface area contributed by atoms with E-state index < -0.39 is 10.0 Å². The van der Waals surface area contributed by atoms with Crippen LogP contribution in [0.15, 0.2) is 24.3 Å². The maximum atomic E-state index is 12.4. The Bertz CT molecular complexity index is 530. The van der Waals surface area contributed by atoms with Gasteiger partial charge >= 0.3 is 0 Å². The quantitative estimate of drug-likeness (QED) is 0.831. The van der Waals surface area contributed by atoms with E-state index in [1.807, 2.05) is 19.2 Å². The summed E-state index contributed by atoms with van der Waals surface area (Å²) < 4.78 is 26.4. The average molecular weight is 283 g/mol. The molecule has 1 fully saturated rings. The fraction of sp³-hybridized carbons (Fsp3) is 0.538. The summed E-state index contributed by atoms with van der Waals surface area (Å²) in [4.78, 5) is 2.16. The van der Waals surface area contributed by atoms with Crippen LogP contribution in [0.3, 0.4) is 0 Å². The highest BCUT2D eigenvalue weighted by atomic mass is 32.2. The maximum absolute atomic E-state index is 12.4. The molecule has 1 heterocycles. The number of hydrogen-bond donors (Lipinski definition) is 1. The molecule has 1 saturated heterocycles. The van der Waals surface area contributed by atoms with E-state index >= 15 is 0 Å². The highest BCUT2D eigenvalue weighted by molar-refractivity contribution is 7.88. The second-order valence-electron chi connectivity index (χ2n) is 5.01. The van der Waals surface area contributed by atoms with Crippen molar-refractivity contribution in [2.75, 3.05) is 39.0 Å². The highest BCUT2D eigenvalue weighted by Gasteiger charge is 2.24. The largest absolute Gasteiger partial charge is 0.398 e. The minimum Gasteiger partial charge on any atom is -0.398 e. The van der Waals surface area contributed by atoms with Gasteiger partial charge in [0.05, 0.1) is 5.75 Å². The molecular weight excluding hydrogens is 262 g/mol. The van der Waals surface area contributed by atoms with Gasteiger partial charge in [-0.15, -0.1) is 0 Å². The fourth-order valence-corrected chi connectivity index (χ4v) is 3.86. The monoisotopic (exact) mass is 283 g/mol. The molecule has 0 saturated carbocycles. The van der Waals surface area contributed by atoms with E-state index in [4.69, 9.17) is 5.73 Å². The van der Waals surface area contributed by atoms with E-state index in [-0.39, 0.29) is 5.75 Å². The number of nitrogens with zero attached hydrogens (tertiary/aromatic N) is 2. The van der Waals surface area contributed by atoms with Crippen LogP contribution in [0.25, 0.3) is 0 Å². The van der Waals surface area contributed by atoms with E-state index in [0.29, 0.717) is 24.3 Å². The van der Waals surface area contributed by atoms with E-state index in [1.165, 1.54) is 0 Å². The first-order valence-electron chi connectivity index (χ1n) is 6.49. The molecule has 0 aliphatic carbocycles. The number of likely N-dealkylation sites (N-methyl/N-ethyl adjacent to an activating group) is 1. The Morgan fingerprint density at radius 3 is 2.63 bits per heavy atom. The van der Waals surface area contributed by atoms with Crippen molar-refractivity contribution in [1.29, 1.82) is 0 Å². The zero-order valence-corrected chi connectivity index (χ0v) is 12.1. The molecule has 5 nitrogen and oxygen atoms in total. The molecule has 0 bridgehead atoms. The van der Waals surface area contributed by atoms with Crippen LogP contribution in [0.4, 0.5) is 5.69 Å². The molecule has 6 heteroatoms. The highest BCUT2D eigenvalue weighted by Crippen LogP contribution is 2.17. The van der Waals surface area contributed by atoms with Crippen LogP contribution in [0.5, 0.6) is 0 Å². The van der Waals surface area contributed by atoms with Crippen molar-refractivity contribution in [3.05, 3.63) is 29.8 Å². The van der Waals surface area contributed by atoms with Gasteiger partial charge in [-0.25, -0.2) is 12.7 Å². The summed E-state index contributed by atoms with van der Waals surface area (Å²) in [5.74, 6) is -0.0105. The third-order valence-corrected chi connectivity index (χ3v) is 5.29. The van der Waals surface area contributed by atoms with Gasteiger partial charge in [-0.2, -0.15) is 0 Å². The molecule has 0 aromatic heterocycles. The van der Waals surface area contributed by atoms with Crippen molar-refractivity contribution in [3.8, 4) is 0 Å². The van der Waals surface area contributed by atoms with Crippen molar-refractivity contribution < 1.29 is 8.42 Å². The molecule has 0 unspecified atom stereocenters. The minimum absolute atomic E-state index is 0.0105. The van der Waals surface area contributed by atoms with Gasteiger partial charge in [-0.1, -0.05) is 18.2 Å². The Kier molecular flexibility index (Phi) is 4.44. The first-order valence-corrected chi connectivity index (χ1v) is 8.10. The summed E-state index contributed by atoms with van der Waals surface area (Å²) in [6.07, 6.45) is 0.875. The van der Waals surface area contributed by atoms with E-state index in [9.17, 15) is 8.42 Å². The van der Waals surface area contributed by atoms with Gasteiger partial charge in [0.1, 0.15) is 0 Å². The Labute approximate surface area is 115 Å². The first-order chi connectivity index (χ1) is 8.99. The number of benzene rings is 1. The first kappa shape index (κ1) is 14.3. The number of nitrogens with two attached hydrogens (primary N) is 1. The summed E-state index contributed by atoms with van der Waals surface area (Å²) in [7, 11) is -1.26. The molecule has 0 amide bonds. The normalized spacial score (nSPS) is 19.2. The van der Waals surface area contributed by atoms with Gasteiger partial charge in [0.2, 0.25) is 10.0 Å². The van der Waals surface area contributed by atoms with Crippen LogP contribution in [-0.4, -0.2) is 50.8 Å². The van der Waals surface area contributed by atoms with Gasteiger partial charge in [0.15, 0.2) is 0 Å². The Morgan fingerprint density at radius 2 is 1.89 bits per heavy atom. The molecule has 1 aromatic carbocycles. The second-order valence-corrected chi connectivity index (χ2v) is 6.98. The van der Waals surface area contributed by atoms with E-state index in [2.05, 4.69) is 4.90 Å². The Hall–Kier alpha value is -1.11. The number of sulfonamides is 1. The minimum atomic E-state index is -3.28. The van der Waals surface area contributed by atoms with Crippen LogP contribution in [0, 0.1) is 0 Å². The van der Waals surface area contributed by atoms with Crippen molar-refractivity contribution in [1.82, 2.24) is 9.21 Å². The lowest BCUT2D eigenvalue weighted by atomic mass is 10.2. The number of nitrogen functional groups attached to an aromatic ring is 1. The molecule has 1 aromatic rings. The summed E-state index contributed by atoms with van der Waals surface area (Å²) in [5, 5.41) is 0. The zero-order chi connectivity index (χ0) is 13.9. The SMILES string of the molecule is CN1CCCN(S(=O)(=O)Cc2ccccc2N)CC1. The Morgan fingerprint density at radius 1 is 1.16 bits per heavy atom. The van der Waals surface area contributed by atoms with Crippen LogP contribution < -0.4 is 5.73 Å². The van der Waals surface area contributed by atoms with E-state index in [1.54, 1.807) is 16.4 Å². The third kappa shape index (κ3) is 3.68. The molecule has 1 aliphatic rings. The van der Waals surface area contributed by atoms with Gasteiger partial charge < -0.3 is 10.6 Å². The molecule has 19 heavy (non-hydrogen) atoms. The van der Waals surface area contributed by atoms with E-state index in [0.717, 1.165) is 19.5 Å². The summed E-state index contributed by atoms with van der Waals surface area (Å²) in [6.45, 7) is 2.88. The number of anilines is 1. The predicted octanol–water partition coefficient (Wildman–Crippen LogP) is 0.736. The smallest absolute Gasteiger partial charge is 0.218 e. The van der Waals surface area contributed by atoms with Crippen LogP contribution >= 0.6 is 0 Å². The molecule has 2 rings (SSSR count). The Balaban J connectivity index is 2.12. The van der Waals surface area contributed by atoms with Crippen LogP contribution in [-0.2, 0) is 15.8 Å². The standard InChI is InChI=1S/C13H21N3O2S/c1-15-7-4-8-16(10-9-15)19(17,18)11-12-5-2-3-6-13(12)14/h2-3,5-6H,4,7-11,14H2,1H3. The zero-order valence-electron chi connectivity index (χ0n) is 11.2. The summed E-state index contributed by atoms with van der Waals surface area (Å²) in [5.41, 5.74) is 7.04. The third-order valence-electron chi connectivity index (χ3n) is 3.46. The van der Waals surface area contributed by atoms with Crippen LogP contribution in [0.2, 0.25) is 0 Å². The lowest BCUT2D eigenvalue weighted by Crippen LogP contribution is -2.35. The van der Waals surface area contributed by atoms with Gasteiger partial charge in [0.25, 0.3) is 0 Å².